The Morgan fingerprint density at radius 1 is 1.24 bits per heavy atom. The van der Waals surface area contributed by atoms with Crippen molar-refractivity contribution in [2.45, 2.75) is 19.9 Å². The molecule has 1 heterocycles. The van der Waals surface area contributed by atoms with Crippen molar-refractivity contribution in [1.82, 2.24) is 10.3 Å². The molecule has 0 bridgehead atoms. The molecule has 0 spiro atoms. The third-order valence-electron chi connectivity index (χ3n) is 3.15. The second kappa shape index (κ2) is 6.21. The van der Waals surface area contributed by atoms with Gasteiger partial charge in [0.25, 0.3) is 0 Å². The first kappa shape index (κ1) is 14.8. The van der Waals surface area contributed by atoms with E-state index in [0.717, 1.165) is 10.8 Å². The first-order chi connectivity index (χ1) is 9.99. The van der Waals surface area contributed by atoms with E-state index in [1.807, 2.05) is 18.2 Å². The smallest absolute Gasteiger partial charge is 0.326 e. The molecule has 0 saturated heterocycles. The molecule has 0 radical (unpaired) electrons. The number of carbonyl (C=O) groups excluding carboxylic acids is 1. The Kier molecular flexibility index (Phi) is 4.37. The number of aromatic nitrogens is 1. The Bertz CT molecular complexity index is 665. The number of anilines is 1. The van der Waals surface area contributed by atoms with Crippen LogP contribution >= 0.6 is 0 Å². The van der Waals surface area contributed by atoms with E-state index in [1.165, 1.54) is 0 Å². The number of amides is 2. The van der Waals surface area contributed by atoms with Gasteiger partial charge in [-0.05, 0) is 23.4 Å². The zero-order valence-electron chi connectivity index (χ0n) is 11.8. The molecule has 0 aliphatic rings. The van der Waals surface area contributed by atoms with Gasteiger partial charge in [0.15, 0.2) is 0 Å². The topological polar surface area (TPSA) is 91.3 Å². The van der Waals surface area contributed by atoms with Crippen LogP contribution in [0.4, 0.5) is 10.5 Å². The third-order valence-corrected chi connectivity index (χ3v) is 3.15. The van der Waals surface area contributed by atoms with Crippen LogP contribution in [-0.2, 0) is 4.79 Å². The van der Waals surface area contributed by atoms with Crippen LogP contribution in [0.1, 0.15) is 13.8 Å². The fourth-order valence-electron chi connectivity index (χ4n) is 2.04. The molecule has 0 aliphatic heterocycles. The lowest BCUT2D eigenvalue weighted by Gasteiger charge is -2.18. The summed E-state index contributed by atoms with van der Waals surface area (Å²) in [5, 5.41) is 16.0. The van der Waals surface area contributed by atoms with Gasteiger partial charge in [-0.15, -0.1) is 0 Å². The molecule has 0 aliphatic carbocycles. The molecule has 0 fully saturated rings. The number of urea groups is 1. The minimum Gasteiger partial charge on any atom is -0.480 e. The fraction of sp³-hybridized carbons (Fsp3) is 0.267. The Labute approximate surface area is 122 Å². The number of carboxylic acid groups (broad SMARTS) is 1. The second-order valence-electron chi connectivity index (χ2n) is 5.06. The number of hydrogen-bond donors (Lipinski definition) is 3. The molecule has 2 rings (SSSR count). The molecular weight excluding hydrogens is 270 g/mol. The number of benzene rings is 1. The van der Waals surface area contributed by atoms with Crippen molar-refractivity contribution in [2.75, 3.05) is 5.32 Å². The zero-order valence-corrected chi connectivity index (χ0v) is 11.8. The maximum atomic E-state index is 12.0. The molecule has 0 unspecified atom stereocenters. The van der Waals surface area contributed by atoms with Crippen molar-refractivity contribution in [3.63, 3.8) is 0 Å². The maximum Gasteiger partial charge on any atom is 0.326 e. The highest BCUT2D eigenvalue weighted by atomic mass is 16.4. The number of nitrogens with zero attached hydrogens (tertiary/aromatic N) is 1. The van der Waals surface area contributed by atoms with Crippen LogP contribution in [0.25, 0.3) is 10.8 Å². The van der Waals surface area contributed by atoms with E-state index in [4.69, 9.17) is 5.11 Å². The van der Waals surface area contributed by atoms with Gasteiger partial charge in [-0.3, -0.25) is 4.98 Å². The van der Waals surface area contributed by atoms with E-state index < -0.39 is 18.0 Å². The minimum absolute atomic E-state index is 0.206. The lowest BCUT2D eigenvalue weighted by Crippen LogP contribution is -2.46. The van der Waals surface area contributed by atoms with Crippen LogP contribution in [0.5, 0.6) is 0 Å². The molecule has 6 nitrogen and oxygen atoms in total. The van der Waals surface area contributed by atoms with Gasteiger partial charge in [0.1, 0.15) is 6.04 Å². The zero-order chi connectivity index (χ0) is 15.4. The van der Waals surface area contributed by atoms with E-state index in [2.05, 4.69) is 15.6 Å². The van der Waals surface area contributed by atoms with Crippen molar-refractivity contribution < 1.29 is 14.7 Å². The molecule has 1 aromatic carbocycles. The van der Waals surface area contributed by atoms with Crippen LogP contribution in [0.3, 0.4) is 0 Å². The fourth-order valence-corrected chi connectivity index (χ4v) is 2.04. The van der Waals surface area contributed by atoms with Crippen molar-refractivity contribution in [3.05, 3.63) is 36.7 Å². The molecule has 1 atom stereocenters. The Morgan fingerprint density at radius 2 is 2.00 bits per heavy atom. The lowest BCUT2D eigenvalue weighted by atomic mass is 10.1. The number of carbonyl (C=O) groups is 2. The highest BCUT2D eigenvalue weighted by Crippen LogP contribution is 2.21. The van der Waals surface area contributed by atoms with Crippen LogP contribution in [-0.4, -0.2) is 28.1 Å². The number of carboxylic acids is 1. The molecule has 0 saturated carbocycles. The number of fused-ring (bicyclic) bond motifs is 1. The molecule has 21 heavy (non-hydrogen) atoms. The predicted octanol–water partition coefficient (Wildman–Crippen LogP) is 2.47. The number of rotatable bonds is 4. The van der Waals surface area contributed by atoms with Gasteiger partial charge in [0, 0.05) is 17.8 Å². The standard InChI is InChI=1S/C15H17N3O3/c1-9(2)13(14(19)20)18-15(21)17-12-5-3-4-10-6-7-16-8-11(10)12/h3-9,13H,1-2H3,(H,19,20)(H2,17,18,21)/t13-/m0/s1. The van der Waals surface area contributed by atoms with Crippen molar-refractivity contribution in [3.8, 4) is 0 Å². The minimum atomic E-state index is -1.06. The third kappa shape index (κ3) is 3.47. The summed E-state index contributed by atoms with van der Waals surface area (Å²) < 4.78 is 0. The highest BCUT2D eigenvalue weighted by Gasteiger charge is 2.23. The van der Waals surface area contributed by atoms with E-state index in [0.29, 0.717) is 5.69 Å². The molecule has 2 amide bonds. The van der Waals surface area contributed by atoms with Crippen molar-refractivity contribution in [2.24, 2.45) is 5.92 Å². The van der Waals surface area contributed by atoms with E-state index in [1.54, 1.807) is 32.3 Å². The Balaban J connectivity index is 2.17. The van der Waals surface area contributed by atoms with E-state index >= 15 is 0 Å². The summed E-state index contributed by atoms with van der Waals surface area (Å²) in [6.45, 7) is 3.47. The maximum absolute atomic E-state index is 12.0. The van der Waals surface area contributed by atoms with Gasteiger partial charge in [0.2, 0.25) is 0 Å². The second-order valence-corrected chi connectivity index (χ2v) is 5.06. The summed E-state index contributed by atoms with van der Waals surface area (Å²) in [5.41, 5.74) is 0.589. The Morgan fingerprint density at radius 3 is 2.67 bits per heavy atom. The SMILES string of the molecule is CC(C)[C@H](NC(=O)Nc1cccc2ccncc12)C(=O)O. The van der Waals surface area contributed by atoms with Crippen LogP contribution in [0.2, 0.25) is 0 Å². The molecular formula is C15H17N3O3. The largest absolute Gasteiger partial charge is 0.480 e. The monoisotopic (exact) mass is 287 g/mol. The molecule has 3 N–H and O–H groups in total. The van der Waals surface area contributed by atoms with Gasteiger partial charge >= 0.3 is 12.0 Å². The first-order valence-electron chi connectivity index (χ1n) is 6.62. The van der Waals surface area contributed by atoms with Gasteiger partial charge in [-0.1, -0.05) is 26.0 Å². The molecule has 6 heteroatoms. The summed E-state index contributed by atoms with van der Waals surface area (Å²) in [6.07, 6.45) is 3.33. The van der Waals surface area contributed by atoms with Gasteiger partial charge in [-0.2, -0.15) is 0 Å². The molecule has 2 aromatic rings. The van der Waals surface area contributed by atoms with Crippen molar-refractivity contribution in [1.29, 1.82) is 0 Å². The van der Waals surface area contributed by atoms with Gasteiger partial charge in [-0.25, -0.2) is 9.59 Å². The summed E-state index contributed by atoms with van der Waals surface area (Å²) in [7, 11) is 0. The first-order valence-corrected chi connectivity index (χ1v) is 6.62. The predicted molar refractivity (Wildman–Crippen MR) is 80.2 cm³/mol. The van der Waals surface area contributed by atoms with Crippen molar-refractivity contribution >= 4 is 28.5 Å². The van der Waals surface area contributed by atoms with Crippen LogP contribution in [0.15, 0.2) is 36.7 Å². The van der Waals surface area contributed by atoms with E-state index in [9.17, 15) is 9.59 Å². The summed E-state index contributed by atoms with van der Waals surface area (Å²) >= 11 is 0. The average molecular weight is 287 g/mol. The van der Waals surface area contributed by atoms with Crippen LogP contribution < -0.4 is 10.6 Å². The average Bonchev–Trinajstić information content (AvgIpc) is 2.44. The number of pyridine rings is 1. The number of nitrogens with one attached hydrogen (secondary N) is 2. The summed E-state index contributed by atoms with van der Waals surface area (Å²) in [6, 6.07) is 5.83. The van der Waals surface area contributed by atoms with Gasteiger partial charge < -0.3 is 15.7 Å². The normalized spacial score (nSPS) is 12.1. The van der Waals surface area contributed by atoms with Crippen LogP contribution in [0, 0.1) is 5.92 Å². The van der Waals surface area contributed by atoms with Gasteiger partial charge in [0.05, 0.1) is 5.69 Å². The van der Waals surface area contributed by atoms with E-state index in [-0.39, 0.29) is 5.92 Å². The number of aliphatic carboxylic acids is 1. The molecule has 110 valence electrons. The summed E-state index contributed by atoms with van der Waals surface area (Å²) in [5.74, 6) is -1.26. The highest BCUT2D eigenvalue weighted by molar-refractivity contribution is 6.01. The number of hydrogen-bond acceptors (Lipinski definition) is 3. The lowest BCUT2D eigenvalue weighted by molar-refractivity contribution is -0.140. The Hall–Kier alpha value is -2.63. The summed E-state index contributed by atoms with van der Waals surface area (Å²) in [4.78, 5) is 27.1. The quantitative estimate of drug-likeness (QED) is 0.805. The molecule has 1 aromatic heterocycles.